The topological polar surface area (TPSA) is 55.8 Å². The number of nitrogens with zero attached hydrogens (tertiary/aromatic N) is 1. The predicted molar refractivity (Wildman–Crippen MR) is 90.2 cm³/mol. The standard InChI is InChI=1S/C19H18FNO4/c20-15-7-2-4-9-17(15)24-12-13-25-19(23)14-6-1-3-8-16(14)21-11-5-10-18(21)22/h1-4,6-9H,5,10-13H2. The van der Waals surface area contributed by atoms with Gasteiger partial charge in [0, 0.05) is 13.0 Å². The zero-order chi connectivity index (χ0) is 17.6. The first-order chi connectivity index (χ1) is 12.2. The molecule has 130 valence electrons. The lowest BCUT2D eigenvalue weighted by Crippen LogP contribution is -2.26. The highest BCUT2D eigenvalue weighted by Gasteiger charge is 2.26. The number of ether oxygens (including phenoxy) is 2. The summed E-state index contributed by atoms with van der Waals surface area (Å²) >= 11 is 0. The van der Waals surface area contributed by atoms with Gasteiger partial charge in [-0.1, -0.05) is 24.3 Å². The molecule has 0 radical (unpaired) electrons. The van der Waals surface area contributed by atoms with Crippen LogP contribution in [0.2, 0.25) is 0 Å². The van der Waals surface area contributed by atoms with Gasteiger partial charge in [-0.05, 0) is 30.7 Å². The fourth-order valence-corrected chi connectivity index (χ4v) is 2.71. The van der Waals surface area contributed by atoms with Gasteiger partial charge in [0.15, 0.2) is 11.6 Å². The third-order valence-electron chi connectivity index (χ3n) is 3.90. The first-order valence-corrected chi connectivity index (χ1v) is 8.10. The molecule has 1 amide bonds. The number of carbonyl (C=O) groups is 2. The molecule has 1 saturated heterocycles. The average Bonchev–Trinajstić information content (AvgIpc) is 3.06. The minimum absolute atomic E-state index is 0.00290. The summed E-state index contributed by atoms with van der Waals surface area (Å²) in [5.41, 5.74) is 0.897. The van der Waals surface area contributed by atoms with Crippen LogP contribution < -0.4 is 9.64 Å². The number of para-hydroxylation sites is 2. The summed E-state index contributed by atoms with van der Waals surface area (Å²) in [6.07, 6.45) is 1.26. The molecule has 6 heteroatoms. The summed E-state index contributed by atoms with van der Waals surface area (Å²) in [5.74, 6) is -0.885. The number of anilines is 1. The van der Waals surface area contributed by atoms with E-state index >= 15 is 0 Å². The van der Waals surface area contributed by atoms with Crippen molar-refractivity contribution in [2.24, 2.45) is 0 Å². The fraction of sp³-hybridized carbons (Fsp3) is 0.263. The first-order valence-electron chi connectivity index (χ1n) is 8.10. The summed E-state index contributed by atoms with van der Waals surface area (Å²) in [6.45, 7) is 0.618. The van der Waals surface area contributed by atoms with Crippen LogP contribution in [0.3, 0.4) is 0 Å². The smallest absolute Gasteiger partial charge is 0.340 e. The Balaban J connectivity index is 1.58. The molecule has 0 atom stereocenters. The SMILES string of the molecule is O=C(OCCOc1ccccc1F)c1ccccc1N1CCCC1=O. The van der Waals surface area contributed by atoms with Crippen LogP contribution in [0.1, 0.15) is 23.2 Å². The molecule has 3 rings (SSSR count). The molecule has 25 heavy (non-hydrogen) atoms. The highest BCUT2D eigenvalue weighted by Crippen LogP contribution is 2.26. The third-order valence-corrected chi connectivity index (χ3v) is 3.90. The first kappa shape index (κ1) is 17.0. The maximum absolute atomic E-state index is 13.4. The van der Waals surface area contributed by atoms with Gasteiger partial charge in [0.2, 0.25) is 5.91 Å². The summed E-state index contributed by atoms with van der Waals surface area (Å²) in [6, 6.07) is 12.9. The second-order valence-corrected chi connectivity index (χ2v) is 5.58. The van der Waals surface area contributed by atoms with Crippen molar-refractivity contribution in [1.82, 2.24) is 0 Å². The van der Waals surface area contributed by atoms with E-state index < -0.39 is 11.8 Å². The van der Waals surface area contributed by atoms with E-state index in [0.29, 0.717) is 24.2 Å². The monoisotopic (exact) mass is 343 g/mol. The van der Waals surface area contributed by atoms with Gasteiger partial charge in [-0.3, -0.25) is 4.79 Å². The number of esters is 1. The van der Waals surface area contributed by atoms with Crippen molar-refractivity contribution in [3.8, 4) is 5.75 Å². The molecule has 1 aliphatic heterocycles. The van der Waals surface area contributed by atoms with E-state index in [-0.39, 0.29) is 24.9 Å². The lowest BCUT2D eigenvalue weighted by Gasteiger charge is -2.18. The highest BCUT2D eigenvalue weighted by molar-refractivity contribution is 6.03. The van der Waals surface area contributed by atoms with Gasteiger partial charge in [-0.2, -0.15) is 0 Å². The van der Waals surface area contributed by atoms with E-state index in [4.69, 9.17) is 9.47 Å². The summed E-state index contributed by atoms with van der Waals surface area (Å²) < 4.78 is 23.9. The maximum Gasteiger partial charge on any atom is 0.340 e. The normalized spacial score (nSPS) is 13.8. The second-order valence-electron chi connectivity index (χ2n) is 5.58. The molecule has 2 aromatic carbocycles. The van der Waals surface area contributed by atoms with Crippen molar-refractivity contribution < 1.29 is 23.5 Å². The summed E-state index contributed by atoms with van der Waals surface area (Å²) in [4.78, 5) is 25.8. The van der Waals surface area contributed by atoms with Gasteiger partial charge in [0.25, 0.3) is 0 Å². The number of carbonyl (C=O) groups excluding carboxylic acids is 2. The van der Waals surface area contributed by atoms with Gasteiger partial charge in [0.1, 0.15) is 13.2 Å². The quantitative estimate of drug-likeness (QED) is 0.597. The van der Waals surface area contributed by atoms with E-state index in [1.165, 1.54) is 12.1 Å². The number of halogens is 1. The molecule has 0 aromatic heterocycles. The van der Waals surface area contributed by atoms with Gasteiger partial charge in [-0.15, -0.1) is 0 Å². The average molecular weight is 343 g/mol. The highest BCUT2D eigenvalue weighted by atomic mass is 19.1. The minimum atomic E-state index is -0.535. The van der Waals surface area contributed by atoms with E-state index in [2.05, 4.69) is 0 Å². The van der Waals surface area contributed by atoms with Crippen LogP contribution in [0, 0.1) is 5.82 Å². The van der Waals surface area contributed by atoms with E-state index in [0.717, 1.165) is 6.42 Å². The molecule has 0 saturated carbocycles. The Bertz CT molecular complexity index is 778. The second kappa shape index (κ2) is 7.79. The Morgan fingerprint density at radius 1 is 1.08 bits per heavy atom. The molecular weight excluding hydrogens is 325 g/mol. The van der Waals surface area contributed by atoms with E-state index in [1.54, 1.807) is 41.3 Å². The van der Waals surface area contributed by atoms with Crippen molar-refractivity contribution in [2.75, 3.05) is 24.7 Å². The molecule has 0 aliphatic carbocycles. The Kier molecular flexibility index (Phi) is 5.28. The van der Waals surface area contributed by atoms with Gasteiger partial charge in [-0.25, -0.2) is 9.18 Å². The zero-order valence-electron chi connectivity index (χ0n) is 13.6. The fourth-order valence-electron chi connectivity index (χ4n) is 2.71. The number of rotatable bonds is 6. The number of benzene rings is 2. The van der Waals surface area contributed by atoms with E-state index in [9.17, 15) is 14.0 Å². The van der Waals surface area contributed by atoms with Crippen molar-refractivity contribution in [1.29, 1.82) is 0 Å². The van der Waals surface area contributed by atoms with Crippen molar-refractivity contribution in [3.05, 3.63) is 59.9 Å². The molecule has 0 spiro atoms. The molecule has 1 fully saturated rings. The Labute approximate surface area is 145 Å². The lowest BCUT2D eigenvalue weighted by molar-refractivity contribution is -0.117. The Morgan fingerprint density at radius 2 is 1.84 bits per heavy atom. The van der Waals surface area contributed by atoms with E-state index in [1.807, 2.05) is 0 Å². The molecule has 1 aliphatic rings. The van der Waals surface area contributed by atoms with Crippen LogP contribution in [-0.2, 0) is 9.53 Å². The van der Waals surface area contributed by atoms with Crippen LogP contribution in [0.15, 0.2) is 48.5 Å². The zero-order valence-corrected chi connectivity index (χ0v) is 13.6. The van der Waals surface area contributed by atoms with Crippen molar-refractivity contribution in [3.63, 3.8) is 0 Å². The van der Waals surface area contributed by atoms with Gasteiger partial charge < -0.3 is 14.4 Å². The molecule has 0 unspecified atom stereocenters. The molecule has 1 heterocycles. The van der Waals surface area contributed by atoms with Crippen molar-refractivity contribution >= 4 is 17.6 Å². The third kappa shape index (κ3) is 3.96. The van der Waals surface area contributed by atoms with Gasteiger partial charge in [0.05, 0.1) is 11.3 Å². The Morgan fingerprint density at radius 3 is 2.60 bits per heavy atom. The van der Waals surface area contributed by atoms with Crippen LogP contribution in [0.4, 0.5) is 10.1 Å². The number of amides is 1. The molecule has 0 N–H and O–H groups in total. The molecule has 5 nitrogen and oxygen atoms in total. The van der Waals surface area contributed by atoms with Crippen LogP contribution >= 0.6 is 0 Å². The number of hydrogen-bond donors (Lipinski definition) is 0. The minimum Gasteiger partial charge on any atom is -0.487 e. The molecule has 0 bridgehead atoms. The predicted octanol–water partition coefficient (Wildman–Crippen LogP) is 3.19. The van der Waals surface area contributed by atoms with Crippen LogP contribution in [-0.4, -0.2) is 31.6 Å². The summed E-state index contributed by atoms with van der Waals surface area (Å²) in [5, 5.41) is 0. The number of hydrogen-bond acceptors (Lipinski definition) is 4. The Hall–Kier alpha value is -2.89. The van der Waals surface area contributed by atoms with Crippen LogP contribution in [0.5, 0.6) is 5.75 Å². The van der Waals surface area contributed by atoms with Gasteiger partial charge >= 0.3 is 5.97 Å². The molecule has 2 aromatic rings. The summed E-state index contributed by atoms with van der Waals surface area (Å²) in [7, 11) is 0. The lowest BCUT2D eigenvalue weighted by atomic mass is 10.1. The largest absolute Gasteiger partial charge is 0.487 e. The maximum atomic E-state index is 13.4. The van der Waals surface area contributed by atoms with Crippen molar-refractivity contribution in [2.45, 2.75) is 12.8 Å². The molecular formula is C19H18FNO4. The van der Waals surface area contributed by atoms with Crippen LogP contribution in [0.25, 0.3) is 0 Å².